The van der Waals surface area contributed by atoms with Crippen LogP contribution in [0.3, 0.4) is 0 Å². The van der Waals surface area contributed by atoms with Gasteiger partial charge in [-0.3, -0.25) is 5.10 Å². The van der Waals surface area contributed by atoms with Gasteiger partial charge in [0.05, 0.1) is 4.88 Å². The number of aromatic nitrogens is 4. The molecule has 3 rings (SSSR count). The number of rotatable bonds is 2. The van der Waals surface area contributed by atoms with Gasteiger partial charge in [0.15, 0.2) is 0 Å². The van der Waals surface area contributed by atoms with Gasteiger partial charge in [0.1, 0.15) is 5.69 Å². The Morgan fingerprint density at radius 1 is 1.44 bits per heavy atom. The average molecular weight is 297 g/mol. The third kappa shape index (κ3) is 1.68. The van der Waals surface area contributed by atoms with Gasteiger partial charge in [-0.25, -0.2) is 0 Å². The summed E-state index contributed by atoms with van der Waals surface area (Å²) in [6.07, 6.45) is 1.64. The Kier molecular flexibility index (Phi) is 2.33. The first-order valence-corrected chi connectivity index (χ1v) is 6.08. The van der Waals surface area contributed by atoms with Crippen molar-refractivity contribution in [3.05, 3.63) is 28.2 Å². The van der Waals surface area contributed by atoms with E-state index in [1.807, 2.05) is 11.4 Å². The van der Waals surface area contributed by atoms with Crippen LogP contribution in [0.25, 0.3) is 22.3 Å². The number of thiophene rings is 1. The largest absolute Gasteiger partial charge is 0.332 e. The van der Waals surface area contributed by atoms with Crippen LogP contribution in [0.4, 0.5) is 0 Å². The molecule has 0 aliphatic rings. The molecule has 0 amide bonds. The fourth-order valence-electron chi connectivity index (χ4n) is 1.24. The maximum atomic E-state index is 5.13. The summed E-state index contributed by atoms with van der Waals surface area (Å²) in [5.41, 5.74) is 0.717. The Labute approximate surface area is 103 Å². The summed E-state index contributed by atoms with van der Waals surface area (Å²) in [5.74, 6) is 1.03. The molecule has 0 unspecified atom stereocenters. The standard InChI is InChI=1S/C9H5BrN4OS/c10-5-3-7(16-4-5)8-12-9(15-14-8)6-1-2-11-13-6/h1-4H,(H,11,13). The van der Waals surface area contributed by atoms with Crippen molar-refractivity contribution in [2.24, 2.45) is 0 Å². The highest BCUT2D eigenvalue weighted by Gasteiger charge is 2.12. The summed E-state index contributed by atoms with van der Waals surface area (Å²) >= 11 is 4.94. The van der Waals surface area contributed by atoms with Crippen LogP contribution in [0.5, 0.6) is 0 Å². The smallest absolute Gasteiger partial charge is 0.276 e. The summed E-state index contributed by atoms with van der Waals surface area (Å²) in [6.45, 7) is 0. The van der Waals surface area contributed by atoms with E-state index in [4.69, 9.17) is 4.52 Å². The molecule has 7 heteroatoms. The minimum atomic E-state index is 0.442. The molecule has 3 aromatic rings. The lowest BCUT2D eigenvalue weighted by molar-refractivity contribution is 0.431. The molecule has 0 spiro atoms. The maximum Gasteiger partial charge on any atom is 0.276 e. The van der Waals surface area contributed by atoms with Crippen LogP contribution in [-0.4, -0.2) is 20.3 Å². The second-order valence-corrected chi connectivity index (χ2v) is 4.85. The number of hydrogen-bond donors (Lipinski definition) is 1. The van der Waals surface area contributed by atoms with Gasteiger partial charge in [0, 0.05) is 16.0 Å². The zero-order valence-corrected chi connectivity index (χ0v) is 10.2. The molecule has 16 heavy (non-hydrogen) atoms. The molecule has 0 bridgehead atoms. The van der Waals surface area contributed by atoms with Crippen molar-refractivity contribution in [1.82, 2.24) is 20.3 Å². The molecular formula is C9H5BrN4OS. The summed E-state index contributed by atoms with van der Waals surface area (Å²) in [7, 11) is 0. The third-order valence-corrected chi connectivity index (χ3v) is 3.63. The number of H-pyrrole nitrogens is 1. The lowest BCUT2D eigenvalue weighted by Gasteiger charge is -1.83. The number of aromatic amines is 1. The molecule has 0 aliphatic heterocycles. The molecule has 3 heterocycles. The van der Waals surface area contributed by atoms with Crippen LogP contribution in [0.15, 0.2) is 32.7 Å². The summed E-state index contributed by atoms with van der Waals surface area (Å²) in [6, 6.07) is 3.73. The van der Waals surface area contributed by atoms with Crippen LogP contribution >= 0.6 is 27.3 Å². The monoisotopic (exact) mass is 296 g/mol. The molecule has 0 aromatic carbocycles. The van der Waals surface area contributed by atoms with Crippen molar-refractivity contribution in [1.29, 1.82) is 0 Å². The predicted molar refractivity (Wildman–Crippen MR) is 62.9 cm³/mol. The van der Waals surface area contributed by atoms with E-state index in [2.05, 4.69) is 36.3 Å². The van der Waals surface area contributed by atoms with Gasteiger partial charge in [-0.2, -0.15) is 10.1 Å². The van der Waals surface area contributed by atoms with E-state index in [1.165, 1.54) is 0 Å². The first kappa shape index (κ1) is 9.73. The Morgan fingerprint density at radius 3 is 3.06 bits per heavy atom. The fraction of sp³-hybridized carbons (Fsp3) is 0. The molecule has 1 N–H and O–H groups in total. The lowest BCUT2D eigenvalue weighted by atomic mass is 10.4. The molecule has 0 atom stereocenters. The summed E-state index contributed by atoms with van der Waals surface area (Å²) in [4.78, 5) is 5.24. The fourth-order valence-corrected chi connectivity index (χ4v) is 2.59. The van der Waals surface area contributed by atoms with Crippen molar-refractivity contribution in [3.63, 3.8) is 0 Å². The summed E-state index contributed by atoms with van der Waals surface area (Å²) < 4.78 is 6.15. The minimum absolute atomic E-state index is 0.442. The van der Waals surface area contributed by atoms with Crippen LogP contribution in [0, 0.1) is 0 Å². The van der Waals surface area contributed by atoms with Crippen molar-refractivity contribution >= 4 is 27.3 Å². The number of nitrogens with one attached hydrogen (secondary N) is 1. The van der Waals surface area contributed by atoms with Crippen LogP contribution < -0.4 is 0 Å². The van der Waals surface area contributed by atoms with Gasteiger partial charge >= 0.3 is 0 Å². The third-order valence-electron chi connectivity index (χ3n) is 1.95. The highest BCUT2D eigenvalue weighted by molar-refractivity contribution is 9.10. The SMILES string of the molecule is Brc1csc(-c2noc(-c3ccn[nH]3)n2)c1. The van der Waals surface area contributed by atoms with Gasteiger partial charge in [0.25, 0.3) is 5.89 Å². The average Bonchev–Trinajstić information content (AvgIpc) is 2.97. The normalized spacial score (nSPS) is 10.8. The molecule has 80 valence electrons. The van der Waals surface area contributed by atoms with Gasteiger partial charge in [-0.05, 0) is 28.1 Å². The second-order valence-electron chi connectivity index (χ2n) is 3.02. The van der Waals surface area contributed by atoms with E-state index >= 15 is 0 Å². The van der Waals surface area contributed by atoms with Gasteiger partial charge in [0.2, 0.25) is 5.82 Å². The molecule has 0 radical (unpaired) electrons. The number of halogens is 1. The van der Waals surface area contributed by atoms with E-state index < -0.39 is 0 Å². The van der Waals surface area contributed by atoms with E-state index in [0.29, 0.717) is 11.7 Å². The van der Waals surface area contributed by atoms with Crippen LogP contribution in [0.2, 0.25) is 0 Å². The topological polar surface area (TPSA) is 67.6 Å². The zero-order valence-electron chi connectivity index (χ0n) is 7.85. The predicted octanol–water partition coefficient (Wildman–Crippen LogP) is 2.95. The second kappa shape index (κ2) is 3.84. The molecule has 5 nitrogen and oxygen atoms in total. The molecular weight excluding hydrogens is 292 g/mol. The zero-order chi connectivity index (χ0) is 11.0. The Hall–Kier alpha value is -1.47. The van der Waals surface area contributed by atoms with Crippen molar-refractivity contribution in [2.75, 3.05) is 0 Å². The van der Waals surface area contributed by atoms with Crippen LogP contribution in [-0.2, 0) is 0 Å². The highest BCUT2D eigenvalue weighted by atomic mass is 79.9. The maximum absolute atomic E-state index is 5.13. The van der Waals surface area contributed by atoms with E-state index in [-0.39, 0.29) is 0 Å². The van der Waals surface area contributed by atoms with Crippen molar-refractivity contribution in [3.8, 4) is 22.3 Å². The minimum Gasteiger partial charge on any atom is -0.332 e. The Morgan fingerprint density at radius 2 is 2.38 bits per heavy atom. The molecule has 3 aromatic heterocycles. The molecule has 0 fully saturated rings. The first-order valence-electron chi connectivity index (χ1n) is 4.41. The van der Waals surface area contributed by atoms with Gasteiger partial charge < -0.3 is 4.52 Å². The van der Waals surface area contributed by atoms with Crippen molar-refractivity contribution in [2.45, 2.75) is 0 Å². The Bertz CT molecular complexity index is 601. The summed E-state index contributed by atoms with van der Waals surface area (Å²) in [5, 5.41) is 12.5. The number of nitrogens with zero attached hydrogens (tertiary/aromatic N) is 3. The molecule has 0 saturated carbocycles. The van der Waals surface area contributed by atoms with E-state index in [0.717, 1.165) is 15.0 Å². The van der Waals surface area contributed by atoms with Gasteiger partial charge in [-0.1, -0.05) is 5.16 Å². The lowest BCUT2D eigenvalue weighted by Crippen LogP contribution is -1.78. The first-order chi connectivity index (χ1) is 7.83. The Balaban J connectivity index is 2.00. The quantitative estimate of drug-likeness (QED) is 0.789. The molecule has 0 saturated heterocycles. The molecule has 0 aliphatic carbocycles. The number of hydrogen-bond acceptors (Lipinski definition) is 5. The van der Waals surface area contributed by atoms with Crippen LogP contribution in [0.1, 0.15) is 0 Å². The van der Waals surface area contributed by atoms with Crippen molar-refractivity contribution < 1.29 is 4.52 Å². The van der Waals surface area contributed by atoms with E-state index in [9.17, 15) is 0 Å². The van der Waals surface area contributed by atoms with Gasteiger partial charge in [-0.15, -0.1) is 11.3 Å². The highest BCUT2D eigenvalue weighted by Crippen LogP contribution is 2.28. The van der Waals surface area contributed by atoms with E-state index in [1.54, 1.807) is 23.6 Å².